The first-order valence-corrected chi connectivity index (χ1v) is 7.38. The number of hydrogen-bond donors (Lipinski definition) is 0. The molecule has 0 atom stereocenters. The number of piperidine rings is 1. The van der Waals surface area contributed by atoms with Gasteiger partial charge in [-0.1, -0.05) is 0 Å². The molecule has 0 aromatic heterocycles. The first-order valence-electron chi connectivity index (χ1n) is 7.38. The van der Waals surface area contributed by atoms with E-state index in [-0.39, 0.29) is 11.8 Å². The summed E-state index contributed by atoms with van der Waals surface area (Å²) < 4.78 is 5.34. The fourth-order valence-corrected chi connectivity index (χ4v) is 2.87. The summed E-state index contributed by atoms with van der Waals surface area (Å²) in [6, 6.07) is 0. The molecule has 6 heteroatoms. The highest BCUT2D eigenvalue weighted by molar-refractivity contribution is 5.79. The number of likely N-dealkylation sites (tertiary alicyclic amines) is 1. The van der Waals surface area contributed by atoms with Crippen LogP contribution in [0.4, 0.5) is 0 Å². The van der Waals surface area contributed by atoms with Crippen LogP contribution in [-0.4, -0.2) is 85.5 Å². The molecule has 2 aliphatic heterocycles. The Morgan fingerprint density at radius 1 is 1.00 bits per heavy atom. The van der Waals surface area contributed by atoms with Crippen LogP contribution in [0.1, 0.15) is 19.8 Å². The molecule has 0 aliphatic carbocycles. The maximum Gasteiger partial charge on any atom is 0.236 e. The lowest BCUT2D eigenvalue weighted by Crippen LogP contribution is -2.52. The van der Waals surface area contributed by atoms with E-state index in [2.05, 4.69) is 4.90 Å². The van der Waals surface area contributed by atoms with E-state index < -0.39 is 0 Å². The highest BCUT2D eigenvalue weighted by atomic mass is 16.5. The molecular weight excluding hydrogens is 258 g/mol. The lowest BCUT2D eigenvalue weighted by atomic mass is 10.1. The van der Waals surface area contributed by atoms with Crippen molar-refractivity contribution in [2.45, 2.75) is 25.9 Å². The summed E-state index contributed by atoms with van der Waals surface area (Å²) in [5.74, 6) is 0.280. The number of carbonyl (C=O) groups is 2. The maximum atomic E-state index is 12.2. The second-order valence-corrected chi connectivity index (χ2v) is 5.60. The molecule has 2 saturated heterocycles. The minimum atomic E-state index is 0.0961. The van der Waals surface area contributed by atoms with Crippen LogP contribution >= 0.6 is 0 Å². The molecule has 0 bridgehead atoms. The smallest absolute Gasteiger partial charge is 0.236 e. The van der Waals surface area contributed by atoms with Crippen LogP contribution < -0.4 is 0 Å². The third kappa shape index (κ3) is 3.93. The summed E-state index contributed by atoms with van der Waals surface area (Å²) in [6.07, 6.45) is 2.35. The number of ether oxygens (including phenoxy) is 1. The van der Waals surface area contributed by atoms with Gasteiger partial charge < -0.3 is 14.5 Å². The van der Waals surface area contributed by atoms with Gasteiger partial charge in [0.2, 0.25) is 11.8 Å². The summed E-state index contributed by atoms with van der Waals surface area (Å²) in [5, 5.41) is 0. The van der Waals surface area contributed by atoms with Crippen molar-refractivity contribution >= 4 is 11.8 Å². The van der Waals surface area contributed by atoms with Crippen molar-refractivity contribution in [3.8, 4) is 0 Å². The van der Waals surface area contributed by atoms with Crippen molar-refractivity contribution in [2.75, 3.05) is 52.9 Å². The van der Waals surface area contributed by atoms with Gasteiger partial charge in [0.1, 0.15) is 0 Å². The minimum Gasteiger partial charge on any atom is -0.381 e. The number of nitrogens with zero attached hydrogens (tertiary/aromatic N) is 3. The highest BCUT2D eigenvalue weighted by Crippen LogP contribution is 2.13. The molecule has 2 aliphatic rings. The van der Waals surface area contributed by atoms with Gasteiger partial charge in [0, 0.05) is 53.3 Å². The van der Waals surface area contributed by atoms with Crippen LogP contribution in [0.5, 0.6) is 0 Å². The number of methoxy groups -OCH3 is 1. The number of hydrogen-bond acceptors (Lipinski definition) is 4. The van der Waals surface area contributed by atoms with E-state index in [4.69, 9.17) is 4.74 Å². The molecule has 2 amide bonds. The largest absolute Gasteiger partial charge is 0.381 e. The molecule has 114 valence electrons. The Kier molecular flexibility index (Phi) is 5.37. The van der Waals surface area contributed by atoms with Crippen molar-refractivity contribution in [3.63, 3.8) is 0 Å². The summed E-state index contributed by atoms with van der Waals surface area (Å²) in [5.41, 5.74) is 0. The van der Waals surface area contributed by atoms with Gasteiger partial charge in [-0.05, 0) is 12.8 Å². The summed E-state index contributed by atoms with van der Waals surface area (Å²) in [6.45, 7) is 6.57. The average molecular weight is 283 g/mol. The normalized spacial score (nSPS) is 22.1. The molecule has 0 aromatic rings. The maximum absolute atomic E-state index is 12.2. The third-order valence-electron chi connectivity index (χ3n) is 4.30. The average Bonchev–Trinajstić information content (AvgIpc) is 2.48. The van der Waals surface area contributed by atoms with Crippen molar-refractivity contribution in [1.29, 1.82) is 0 Å². The topological polar surface area (TPSA) is 53.1 Å². The predicted molar refractivity (Wildman–Crippen MR) is 75.3 cm³/mol. The quantitative estimate of drug-likeness (QED) is 0.719. The van der Waals surface area contributed by atoms with E-state index in [0.29, 0.717) is 38.8 Å². The Labute approximate surface area is 120 Å². The molecule has 0 aromatic carbocycles. The SMILES string of the molecule is COC1CCN(CC(=O)N2CCN(C(C)=O)CC2)CC1. The molecule has 2 heterocycles. The van der Waals surface area contributed by atoms with Crippen LogP contribution in [0.15, 0.2) is 0 Å². The summed E-state index contributed by atoms with van der Waals surface area (Å²) in [7, 11) is 1.75. The van der Waals surface area contributed by atoms with Crippen molar-refractivity contribution < 1.29 is 14.3 Å². The Morgan fingerprint density at radius 3 is 2.05 bits per heavy atom. The summed E-state index contributed by atoms with van der Waals surface area (Å²) in [4.78, 5) is 29.4. The van der Waals surface area contributed by atoms with E-state index in [1.54, 1.807) is 18.9 Å². The molecule has 0 N–H and O–H groups in total. The molecule has 2 fully saturated rings. The van der Waals surface area contributed by atoms with Crippen LogP contribution in [0.25, 0.3) is 0 Å². The van der Waals surface area contributed by atoms with Gasteiger partial charge in [-0.2, -0.15) is 0 Å². The van der Waals surface area contributed by atoms with Crippen molar-refractivity contribution in [2.24, 2.45) is 0 Å². The van der Waals surface area contributed by atoms with Crippen LogP contribution in [0.3, 0.4) is 0 Å². The first-order chi connectivity index (χ1) is 9.60. The molecule has 0 unspecified atom stereocenters. The van der Waals surface area contributed by atoms with E-state index >= 15 is 0 Å². The zero-order valence-electron chi connectivity index (χ0n) is 12.5. The van der Waals surface area contributed by atoms with Gasteiger partial charge in [0.25, 0.3) is 0 Å². The Hall–Kier alpha value is -1.14. The second kappa shape index (κ2) is 7.04. The van der Waals surface area contributed by atoms with Crippen molar-refractivity contribution in [3.05, 3.63) is 0 Å². The molecule has 6 nitrogen and oxygen atoms in total. The number of piperazine rings is 1. The molecular formula is C14H25N3O3. The Morgan fingerprint density at radius 2 is 1.55 bits per heavy atom. The van der Waals surface area contributed by atoms with Crippen LogP contribution in [0, 0.1) is 0 Å². The second-order valence-electron chi connectivity index (χ2n) is 5.60. The Bertz CT molecular complexity index is 346. The van der Waals surface area contributed by atoms with Gasteiger partial charge >= 0.3 is 0 Å². The van der Waals surface area contributed by atoms with E-state index in [9.17, 15) is 9.59 Å². The van der Waals surface area contributed by atoms with Gasteiger partial charge in [-0.25, -0.2) is 0 Å². The molecule has 2 rings (SSSR count). The van der Waals surface area contributed by atoms with Crippen molar-refractivity contribution in [1.82, 2.24) is 14.7 Å². The molecule has 0 saturated carbocycles. The van der Waals surface area contributed by atoms with Gasteiger partial charge in [0.05, 0.1) is 12.6 Å². The van der Waals surface area contributed by atoms with Crippen LogP contribution in [-0.2, 0) is 14.3 Å². The van der Waals surface area contributed by atoms with Gasteiger partial charge in [0.15, 0.2) is 0 Å². The first kappa shape index (κ1) is 15.3. The Balaban J connectivity index is 1.72. The highest BCUT2D eigenvalue weighted by Gasteiger charge is 2.25. The molecule has 0 radical (unpaired) electrons. The predicted octanol–water partition coefficient (Wildman–Crippen LogP) is -0.212. The standard InChI is InChI=1S/C14H25N3O3/c1-12(18)16-7-9-17(10-8-16)14(19)11-15-5-3-13(20-2)4-6-15/h13H,3-11H2,1-2H3. The van der Waals surface area contributed by atoms with E-state index in [1.165, 1.54) is 0 Å². The van der Waals surface area contributed by atoms with Gasteiger partial charge in [-0.3, -0.25) is 14.5 Å². The number of carbonyl (C=O) groups excluding carboxylic acids is 2. The number of rotatable bonds is 3. The molecule has 0 spiro atoms. The van der Waals surface area contributed by atoms with E-state index in [1.807, 2.05) is 4.90 Å². The third-order valence-corrected chi connectivity index (χ3v) is 4.30. The van der Waals surface area contributed by atoms with Gasteiger partial charge in [-0.15, -0.1) is 0 Å². The number of amides is 2. The van der Waals surface area contributed by atoms with Crippen LogP contribution in [0.2, 0.25) is 0 Å². The zero-order chi connectivity index (χ0) is 14.5. The fourth-order valence-electron chi connectivity index (χ4n) is 2.87. The molecule has 20 heavy (non-hydrogen) atoms. The lowest BCUT2D eigenvalue weighted by Gasteiger charge is -2.36. The lowest BCUT2D eigenvalue weighted by molar-refractivity contribution is -0.139. The minimum absolute atomic E-state index is 0.0961. The fraction of sp³-hybridized carbons (Fsp3) is 0.857. The monoisotopic (exact) mass is 283 g/mol. The zero-order valence-corrected chi connectivity index (χ0v) is 12.5. The van der Waals surface area contributed by atoms with E-state index in [0.717, 1.165) is 25.9 Å². The summed E-state index contributed by atoms with van der Waals surface area (Å²) >= 11 is 0.